The van der Waals surface area contributed by atoms with Crippen molar-refractivity contribution in [1.82, 2.24) is 9.78 Å². The van der Waals surface area contributed by atoms with Crippen LogP contribution in [0.3, 0.4) is 0 Å². The van der Waals surface area contributed by atoms with Crippen LogP contribution in [0.4, 0.5) is 13.2 Å². The molecule has 0 atom stereocenters. The van der Waals surface area contributed by atoms with Crippen LogP contribution in [-0.2, 0) is 6.18 Å². The van der Waals surface area contributed by atoms with Gasteiger partial charge in [-0.3, -0.25) is 4.68 Å². The second-order valence-corrected chi connectivity index (χ2v) is 4.86. The number of hydrogen-bond donors (Lipinski definition) is 1. The minimum absolute atomic E-state index is 0.0576. The van der Waals surface area contributed by atoms with Crippen molar-refractivity contribution in [2.24, 2.45) is 0 Å². The highest BCUT2D eigenvalue weighted by Gasteiger charge is 2.32. The van der Waals surface area contributed by atoms with Gasteiger partial charge in [0.15, 0.2) is 0 Å². The van der Waals surface area contributed by atoms with Crippen molar-refractivity contribution >= 4 is 5.97 Å². The monoisotopic (exact) mass is 298 g/mol. The highest BCUT2D eigenvalue weighted by molar-refractivity contribution is 5.89. The second kappa shape index (κ2) is 5.23. The SMILES string of the molecule is CC(C)n1nccc1-c1cc(C(=O)O)cc(C(F)(F)F)c1. The number of halogens is 3. The number of hydrogen-bond acceptors (Lipinski definition) is 2. The summed E-state index contributed by atoms with van der Waals surface area (Å²) < 4.78 is 40.2. The van der Waals surface area contributed by atoms with Crippen LogP contribution < -0.4 is 0 Å². The van der Waals surface area contributed by atoms with E-state index in [9.17, 15) is 18.0 Å². The third-order valence-electron chi connectivity index (χ3n) is 2.96. The van der Waals surface area contributed by atoms with Gasteiger partial charge < -0.3 is 5.11 Å². The summed E-state index contributed by atoms with van der Waals surface area (Å²) in [7, 11) is 0. The molecule has 4 nitrogen and oxygen atoms in total. The summed E-state index contributed by atoms with van der Waals surface area (Å²) in [6.07, 6.45) is -3.14. The molecule has 0 saturated heterocycles. The number of aromatic carboxylic acids is 1. The van der Waals surface area contributed by atoms with Crippen LogP contribution in [0.15, 0.2) is 30.5 Å². The first-order valence-electron chi connectivity index (χ1n) is 6.19. The van der Waals surface area contributed by atoms with Crippen molar-refractivity contribution in [3.05, 3.63) is 41.6 Å². The molecule has 0 bridgehead atoms. The summed E-state index contributed by atoms with van der Waals surface area (Å²) in [4.78, 5) is 11.0. The zero-order valence-electron chi connectivity index (χ0n) is 11.3. The Morgan fingerprint density at radius 2 is 1.95 bits per heavy atom. The molecular weight excluding hydrogens is 285 g/mol. The molecule has 0 aliphatic heterocycles. The van der Waals surface area contributed by atoms with Gasteiger partial charge in [-0.1, -0.05) is 0 Å². The molecule has 1 N–H and O–H groups in total. The van der Waals surface area contributed by atoms with E-state index in [1.165, 1.54) is 12.3 Å². The maximum atomic E-state index is 12.9. The van der Waals surface area contributed by atoms with Gasteiger partial charge in [0.05, 0.1) is 16.8 Å². The Balaban J connectivity index is 2.65. The van der Waals surface area contributed by atoms with Crippen molar-refractivity contribution in [3.8, 4) is 11.3 Å². The van der Waals surface area contributed by atoms with E-state index in [-0.39, 0.29) is 11.6 Å². The molecule has 0 radical (unpaired) electrons. The predicted molar refractivity (Wildman–Crippen MR) is 70.0 cm³/mol. The third-order valence-corrected chi connectivity index (χ3v) is 2.96. The van der Waals surface area contributed by atoms with Crippen molar-refractivity contribution in [3.63, 3.8) is 0 Å². The summed E-state index contributed by atoms with van der Waals surface area (Å²) >= 11 is 0. The Morgan fingerprint density at radius 3 is 2.48 bits per heavy atom. The normalized spacial score (nSPS) is 11.9. The van der Waals surface area contributed by atoms with E-state index in [1.807, 2.05) is 13.8 Å². The molecule has 1 heterocycles. The predicted octanol–water partition coefficient (Wildman–Crippen LogP) is 3.85. The van der Waals surface area contributed by atoms with E-state index in [0.29, 0.717) is 11.8 Å². The van der Waals surface area contributed by atoms with E-state index in [2.05, 4.69) is 5.10 Å². The lowest BCUT2D eigenvalue weighted by atomic mass is 10.0. The van der Waals surface area contributed by atoms with Crippen LogP contribution in [0, 0.1) is 0 Å². The fourth-order valence-corrected chi connectivity index (χ4v) is 2.02. The minimum atomic E-state index is -4.61. The Hall–Kier alpha value is -2.31. The molecule has 0 spiro atoms. The molecule has 1 aromatic carbocycles. The average molecular weight is 298 g/mol. The van der Waals surface area contributed by atoms with E-state index in [1.54, 1.807) is 10.7 Å². The molecule has 21 heavy (non-hydrogen) atoms. The summed E-state index contributed by atoms with van der Waals surface area (Å²) in [6, 6.07) is 4.27. The molecule has 0 aliphatic rings. The third kappa shape index (κ3) is 3.07. The molecule has 0 amide bonds. The lowest BCUT2D eigenvalue weighted by molar-refractivity contribution is -0.137. The first-order chi connectivity index (χ1) is 9.70. The Bertz CT molecular complexity index is 675. The number of alkyl halides is 3. The van der Waals surface area contributed by atoms with Crippen LogP contribution in [0.25, 0.3) is 11.3 Å². The summed E-state index contributed by atoms with van der Waals surface area (Å²) in [5, 5.41) is 13.0. The molecule has 0 aliphatic carbocycles. The highest BCUT2D eigenvalue weighted by Crippen LogP contribution is 2.34. The largest absolute Gasteiger partial charge is 0.478 e. The maximum Gasteiger partial charge on any atom is 0.416 e. The number of rotatable bonds is 3. The molecule has 112 valence electrons. The van der Waals surface area contributed by atoms with Crippen molar-refractivity contribution in [1.29, 1.82) is 0 Å². The molecular formula is C14H13F3N2O2. The molecule has 0 unspecified atom stereocenters. The quantitative estimate of drug-likeness (QED) is 0.936. The molecule has 7 heteroatoms. The Labute approximate surface area is 118 Å². The Kier molecular flexibility index (Phi) is 3.76. The minimum Gasteiger partial charge on any atom is -0.478 e. The molecule has 2 rings (SSSR count). The van der Waals surface area contributed by atoms with Gasteiger partial charge in [0.1, 0.15) is 0 Å². The summed E-state index contributed by atoms with van der Waals surface area (Å²) in [5.74, 6) is -1.40. The van der Waals surface area contributed by atoms with Gasteiger partial charge in [-0.05, 0) is 38.1 Å². The van der Waals surface area contributed by atoms with E-state index >= 15 is 0 Å². The number of carboxylic acids is 1. The number of aromatic nitrogens is 2. The average Bonchev–Trinajstić information content (AvgIpc) is 2.86. The van der Waals surface area contributed by atoms with Gasteiger partial charge >= 0.3 is 12.1 Å². The fourth-order valence-electron chi connectivity index (χ4n) is 2.02. The fraction of sp³-hybridized carbons (Fsp3) is 0.286. The molecule has 2 aromatic rings. The molecule has 0 fully saturated rings. The zero-order valence-corrected chi connectivity index (χ0v) is 11.3. The molecule has 1 aromatic heterocycles. The van der Waals surface area contributed by atoms with Crippen LogP contribution in [0.2, 0.25) is 0 Å². The number of nitrogens with zero attached hydrogens (tertiary/aromatic N) is 2. The smallest absolute Gasteiger partial charge is 0.416 e. The van der Waals surface area contributed by atoms with Crippen LogP contribution in [0.5, 0.6) is 0 Å². The number of carboxylic acid groups (broad SMARTS) is 1. The van der Waals surface area contributed by atoms with Gasteiger partial charge in [0, 0.05) is 17.8 Å². The number of benzene rings is 1. The van der Waals surface area contributed by atoms with Crippen molar-refractivity contribution < 1.29 is 23.1 Å². The standard InChI is InChI=1S/C14H13F3N2O2/c1-8(2)19-12(3-4-18-19)9-5-10(13(20)21)7-11(6-9)14(15,16)17/h3-8H,1-2H3,(H,20,21). The summed E-state index contributed by atoms with van der Waals surface area (Å²) in [6.45, 7) is 3.67. The first-order valence-corrected chi connectivity index (χ1v) is 6.19. The van der Waals surface area contributed by atoms with Crippen molar-refractivity contribution in [2.75, 3.05) is 0 Å². The second-order valence-electron chi connectivity index (χ2n) is 4.86. The number of carbonyl (C=O) groups is 1. The van der Waals surface area contributed by atoms with Gasteiger partial charge in [0.25, 0.3) is 0 Å². The van der Waals surface area contributed by atoms with Gasteiger partial charge in [-0.15, -0.1) is 0 Å². The maximum absolute atomic E-state index is 12.9. The lowest BCUT2D eigenvalue weighted by Crippen LogP contribution is -2.10. The van der Waals surface area contributed by atoms with Crippen LogP contribution >= 0.6 is 0 Å². The van der Waals surface area contributed by atoms with E-state index < -0.39 is 23.3 Å². The molecule has 0 saturated carbocycles. The van der Waals surface area contributed by atoms with Gasteiger partial charge in [0.2, 0.25) is 0 Å². The zero-order chi connectivity index (χ0) is 15.8. The van der Waals surface area contributed by atoms with Crippen LogP contribution in [0.1, 0.15) is 35.8 Å². The van der Waals surface area contributed by atoms with Crippen molar-refractivity contribution in [2.45, 2.75) is 26.1 Å². The lowest BCUT2D eigenvalue weighted by Gasteiger charge is -2.14. The van der Waals surface area contributed by atoms with Gasteiger partial charge in [-0.2, -0.15) is 18.3 Å². The summed E-state index contributed by atoms with van der Waals surface area (Å²) in [5.41, 5.74) is -0.780. The highest BCUT2D eigenvalue weighted by atomic mass is 19.4. The van der Waals surface area contributed by atoms with E-state index in [4.69, 9.17) is 5.11 Å². The first kappa shape index (κ1) is 15.1. The van der Waals surface area contributed by atoms with Gasteiger partial charge in [-0.25, -0.2) is 4.79 Å². The Morgan fingerprint density at radius 1 is 1.29 bits per heavy atom. The topological polar surface area (TPSA) is 55.1 Å². The van der Waals surface area contributed by atoms with E-state index in [0.717, 1.165) is 6.07 Å². The van der Waals surface area contributed by atoms with Crippen LogP contribution in [-0.4, -0.2) is 20.9 Å².